The first-order valence-corrected chi connectivity index (χ1v) is 15.3. The molecule has 2 rings (SSSR count). The third-order valence-corrected chi connectivity index (χ3v) is 7.36. The molecule has 3 atom stereocenters. The van der Waals surface area contributed by atoms with Gasteiger partial charge >= 0.3 is 6.09 Å². The number of carbonyl (C=O) groups excluding carboxylic acids is 3. The highest BCUT2D eigenvalue weighted by Gasteiger charge is 2.38. The lowest BCUT2D eigenvalue weighted by Gasteiger charge is -2.36. The zero-order valence-corrected chi connectivity index (χ0v) is 26.7. The Morgan fingerprint density at radius 1 is 1.00 bits per heavy atom. The second-order valence-corrected chi connectivity index (χ2v) is 12.0. The molecular formula is C35H51N3O4. The number of amides is 3. The minimum absolute atomic E-state index is 0.188. The molecule has 7 heteroatoms. The van der Waals surface area contributed by atoms with Gasteiger partial charge in [-0.15, -0.1) is 0 Å². The summed E-state index contributed by atoms with van der Waals surface area (Å²) in [5.41, 5.74) is 2.43. The van der Waals surface area contributed by atoms with Crippen molar-refractivity contribution >= 4 is 29.7 Å². The summed E-state index contributed by atoms with van der Waals surface area (Å²) in [5.74, 6) is -0.806. The van der Waals surface area contributed by atoms with E-state index in [4.69, 9.17) is 4.74 Å². The smallest absolute Gasteiger partial charge is 0.408 e. The van der Waals surface area contributed by atoms with Crippen LogP contribution < -0.4 is 10.6 Å². The van der Waals surface area contributed by atoms with Crippen LogP contribution in [0.1, 0.15) is 103 Å². The Kier molecular flexibility index (Phi) is 13.8. The number of rotatable bonds is 15. The van der Waals surface area contributed by atoms with Crippen molar-refractivity contribution in [1.82, 2.24) is 10.2 Å². The average molecular weight is 578 g/mol. The molecule has 0 aliphatic carbocycles. The number of hydrogen-bond acceptors (Lipinski definition) is 4. The van der Waals surface area contributed by atoms with Crippen LogP contribution in [-0.4, -0.2) is 41.0 Å². The van der Waals surface area contributed by atoms with Crippen LogP contribution in [0.15, 0.2) is 55.1 Å². The largest absolute Gasteiger partial charge is 0.444 e. The fourth-order valence-corrected chi connectivity index (χ4v) is 4.79. The van der Waals surface area contributed by atoms with Gasteiger partial charge in [0, 0.05) is 12.2 Å². The standard InChI is InChI=1S/C35H51N3O4/c1-9-12-13-14-17-23-38(33(40)30(25(4)10-2)37-34(41)42-35(6,7)8)31(28-21-18-20-27(11-3)24-28)32(39)36-29-22-16-15-19-26(29)5/h11,15-16,18-22,24-25,30-31H,3,9-10,12-14,17,23H2,1-2,4-8H3,(H,36,39)(H,37,41). The molecule has 0 spiro atoms. The molecule has 0 aliphatic heterocycles. The minimum Gasteiger partial charge on any atom is -0.444 e. The van der Waals surface area contributed by atoms with Crippen molar-refractivity contribution in [2.45, 2.75) is 105 Å². The van der Waals surface area contributed by atoms with Crippen LogP contribution in [0.4, 0.5) is 10.5 Å². The lowest BCUT2D eigenvalue weighted by Crippen LogP contribution is -2.55. The molecule has 2 aromatic rings. The van der Waals surface area contributed by atoms with Crippen molar-refractivity contribution < 1.29 is 19.1 Å². The van der Waals surface area contributed by atoms with E-state index in [0.29, 0.717) is 24.2 Å². The summed E-state index contributed by atoms with van der Waals surface area (Å²) in [7, 11) is 0. The third-order valence-electron chi connectivity index (χ3n) is 7.36. The Hall–Kier alpha value is -3.61. The highest BCUT2D eigenvalue weighted by atomic mass is 16.6. The number of nitrogens with one attached hydrogen (secondary N) is 2. The summed E-state index contributed by atoms with van der Waals surface area (Å²) in [6.45, 7) is 17.6. The van der Waals surface area contributed by atoms with E-state index in [1.165, 1.54) is 0 Å². The highest BCUT2D eigenvalue weighted by Crippen LogP contribution is 2.28. The van der Waals surface area contributed by atoms with Gasteiger partial charge in [0.15, 0.2) is 0 Å². The van der Waals surface area contributed by atoms with Gasteiger partial charge < -0.3 is 20.3 Å². The number of hydrogen-bond donors (Lipinski definition) is 2. The van der Waals surface area contributed by atoms with Gasteiger partial charge in [0.25, 0.3) is 5.91 Å². The molecule has 3 amide bonds. The van der Waals surface area contributed by atoms with Gasteiger partial charge in [0.2, 0.25) is 5.91 Å². The number of nitrogens with zero attached hydrogens (tertiary/aromatic N) is 1. The van der Waals surface area contributed by atoms with E-state index in [9.17, 15) is 14.4 Å². The number of anilines is 1. The fourth-order valence-electron chi connectivity index (χ4n) is 4.79. The number of para-hydroxylation sites is 1. The van der Waals surface area contributed by atoms with Crippen LogP contribution >= 0.6 is 0 Å². The Morgan fingerprint density at radius 2 is 1.69 bits per heavy atom. The Labute approximate surface area is 253 Å². The van der Waals surface area contributed by atoms with Gasteiger partial charge in [-0.25, -0.2) is 4.79 Å². The van der Waals surface area contributed by atoms with Crippen molar-refractivity contribution in [2.75, 3.05) is 11.9 Å². The molecule has 7 nitrogen and oxygen atoms in total. The molecule has 0 saturated heterocycles. The number of aryl methyl sites for hydroxylation is 1. The van der Waals surface area contributed by atoms with Gasteiger partial charge in [-0.3, -0.25) is 9.59 Å². The summed E-state index contributed by atoms with van der Waals surface area (Å²) in [5, 5.41) is 5.92. The number of ether oxygens (including phenoxy) is 1. The Balaban J connectivity index is 2.59. The second kappa shape index (κ2) is 16.7. The van der Waals surface area contributed by atoms with Gasteiger partial charge in [-0.05, 0) is 68.9 Å². The second-order valence-electron chi connectivity index (χ2n) is 12.0. The monoisotopic (exact) mass is 577 g/mol. The molecule has 0 aromatic heterocycles. The summed E-state index contributed by atoms with van der Waals surface area (Å²) in [6, 6.07) is 13.3. The first-order valence-electron chi connectivity index (χ1n) is 15.3. The normalized spacial score (nSPS) is 13.4. The maximum atomic E-state index is 14.5. The van der Waals surface area contributed by atoms with Gasteiger partial charge in [-0.1, -0.05) is 102 Å². The van der Waals surface area contributed by atoms with Crippen LogP contribution in [0.5, 0.6) is 0 Å². The molecule has 230 valence electrons. The summed E-state index contributed by atoms with van der Waals surface area (Å²) in [4.78, 5) is 43.2. The number of unbranched alkanes of at least 4 members (excludes halogenated alkanes) is 4. The van der Waals surface area contributed by atoms with E-state index in [1.807, 2.05) is 69.3 Å². The molecular weight excluding hydrogens is 526 g/mol. The van der Waals surface area contributed by atoms with Gasteiger partial charge in [-0.2, -0.15) is 0 Å². The summed E-state index contributed by atoms with van der Waals surface area (Å²) < 4.78 is 5.52. The predicted molar refractivity (Wildman–Crippen MR) is 172 cm³/mol. The van der Waals surface area contributed by atoms with Gasteiger partial charge in [0.1, 0.15) is 17.7 Å². The Morgan fingerprint density at radius 3 is 2.31 bits per heavy atom. The number of benzene rings is 2. The molecule has 0 saturated carbocycles. The maximum Gasteiger partial charge on any atom is 0.408 e. The van der Waals surface area contributed by atoms with Gasteiger partial charge in [0.05, 0.1) is 0 Å². The lowest BCUT2D eigenvalue weighted by atomic mass is 9.95. The van der Waals surface area contributed by atoms with E-state index in [0.717, 1.165) is 43.2 Å². The van der Waals surface area contributed by atoms with Crippen molar-refractivity contribution in [2.24, 2.45) is 5.92 Å². The highest BCUT2D eigenvalue weighted by molar-refractivity contribution is 5.99. The van der Waals surface area contributed by atoms with Crippen LogP contribution in [0.3, 0.4) is 0 Å². The molecule has 0 radical (unpaired) electrons. The van der Waals surface area contributed by atoms with E-state index in [1.54, 1.807) is 31.7 Å². The summed E-state index contributed by atoms with van der Waals surface area (Å²) >= 11 is 0. The van der Waals surface area contributed by atoms with Crippen LogP contribution in [0.25, 0.3) is 6.08 Å². The number of alkyl carbamates (subject to hydrolysis) is 1. The van der Waals surface area contributed by atoms with E-state index in [2.05, 4.69) is 24.1 Å². The Bertz CT molecular complexity index is 1190. The molecule has 2 N–H and O–H groups in total. The molecule has 0 heterocycles. The predicted octanol–water partition coefficient (Wildman–Crippen LogP) is 8.06. The van der Waals surface area contributed by atoms with Crippen LogP contribution in [0, 0.1) is 12.8 Å². The SMILES string of the molecule is C=Cc1cccc(C(C(=O)Nc2ccccc2C)N(CCCCCCC)C(=O)C(NC(=O)OC(C)(C)C)C(C)CC)c1. The fraction of sp³-hybridized carbons (Fsp3) is 0.514. The van der Waals surface area contributed by atoms with E-state index < -0.39 is 23.8 Å². The molecule has 0 fully saturated rings. The first-order chi connectivity index (χ1) is 19.9. The molecule has 2 aromatic carbocycles. The molecule has 0 bridgehead atoms. The van der Waals surface area contributed by atoms with Crippen molar-refractivity contribution in [3.8, 4) is 0 Å². The zero-order chi connectivity index (χ0) is 31.3. The van der Waals surface area contributed by atoms with Crippen molar-refractivity contribution in [3.63, 3.8) is 0 Å². The number of carbonyl (C=O) groups is 3. The molecule has 0 aliphatic rings. The topological polar surface area (TPSA) is 87.7 Å². The first kappa shape index (κ1) is 34.6. The lowest BCUT2D eigenvalue weighted by molar-refractivity contribution is -0.142. The average Bonchev–Trinajstić information content (AvgIpc) is 2.94. The van der Waals surface area contributed by atoms with Crippen LogP contribution in [-0.2, 0) is 14.3 Å². The maximum absolute atomic E-state index is 14.5. The molecule has 42 heavy (non-hydrogen) atoms. The van der Waals surface area contributed by atoms with E-state index in [-0.39, 0.29) is 17.7 Å². The van der Waals surface area contributed by atoms with Crippen molar-refractivity contribution in [1.29, 1.82) is 0 Å². The van der Waals surface area contributed by atoms with Crippen molar-refractivity contribution in [3.05, 3.63) is 71.8 Å². The van der Waals surface area contributed by atoms with E-state index >= 15 is 0 Å². The minimum atomic E-state index is -0.921. The molecule has 3 unspecified atom stereocenters. The van der Waals surface area contributed by atoms with Crippen LogP contribution in [0.2, 0.25) is 0 Å². The zero-order valence-electron chi connectivity index (χ0n) is 26.7. The summed E-state index contributed by atoms with van der Waals surface area (Å²) in [6.07, 6.45) is 6.67. The third kappa shape index (κ3) is 10.7. The quantitative estimate of drug-likeness (QED) is 0.210.